The minimum Gasteiger partial charge on any atom is -0.497 e. The van der Waals surface area contributed by atoms with Crippen molar-refractivity contribution < 1.29 is 43.0 Å². The summed E-state index contributed by atoms with van der Waals surface area (Å²) in [7, 11) is 11.8. The number of methoxy groups -OCH3 is 3. The summed E-state index contributed by atoms with van der Waals surface area (Å²) in [6.07, 6.45) is 4.12. The Kier molecular flexibility index (Phi) is 29.6. The SMILES string of the molecule is COc1cccc(/C(CC(=O)N(C)CCc2ccccc2)=C(/C)N(C)C(=O)c2ccc(Cl)cc2)c1.COc1cccc(/C(CC(=O)N2CCCC2)=C(/C)N(C)C(=O)c2ccc(Cl)cc2)c1.COc1cccc(/C(CC(=O)NCCc2ccccc2)=C(/C)N(C)C(=O)c2ccc(Cl)cc2)c1. The lowest BCUT2D eigenvalue weighted by molar-refractivity contribution is -0.129. The summed E-state index contributed by atoms with van der Waals surface area (Å²) >= 11 is 17.9. The second-order valence-electron chi connectivity index (χ2n) is 23.8. The molecule has 15 nitrogen and oxygen atoms in total. The van der Waals surface area contributed by atoms with Gasteiger partial charge in [-0.1, -0.05) is 132 Å². The van der Waals surface area contributed by atoms with E-state index in [9.17, 15) is 28.8 Å². The highest BCUT2D eigenvalue weighted by Gasteiger charge is 2.26. The van der Waals surface area contributed by atoms with Crippen LogP contribution in [0.5, 0.6) is 17.2 Å². The molecule has 0 spiro atoms. The van der Waals surface area contributed by atoms with Crippen LogP contribution in [0.1, 0.15) is 112 Å². The van der Waals surface area contributed by atoms with Gasteiger partial charge < -0.3 is 44.0 Å². The van der Waals surface area contributed by atoms with Gasteiger partial charge in [0, 0.05) is 103 Å². The van der Waals surface area contributed by atoms with E-state index in [1.165, 1.54) is 5.56 Å². The summed E-state index contributed by atoms with van der Waals surface area (Å²) in [5, 5.41) is 4.71. The van der Waals surface area contributed by atoms with Crippen molar-refractivity contribution in [2.45, 2.75) is 65.7 Å². The Bertz CT molecular complexity index is 4140. The topological polar surface area (TPSA) is 158 Å². The van der Waals surface area contributed by atoms with Gasteiger partial charge in [0.05, 0.1) is 40.6 Å². The van der Waals surface area contributed by atoms with Gasteiger partial charge in [0.2, 0.25) is 17.7 Å². The molecule has 9 rings (SSSR count). The number of hydrogen-bond donors (Lipinski definition) is 1. The molecule has 0 unspecified atom stereocenters. The van der Waals surface area contributed by atoms with Crippen molar-refractivity contribution in [3.05, 3.63) is 283 Å². The average molecular weight is 1390 g/mol. The van der Waals surface area contributed by atoms with Crippen LogP contribution < -0.4 is 19.5 Å². The Morgan fingerprint density at radius 1 is 0.414 bits per heavy atom. The predicted octanol–water partition coefficient (Wildman–Crippen LogP) is 16.4. The molecule has 1 aliphatic rings. The van der Waals surface area contributed by atoms with Gasteiger partial charge >= 0.3 is 0 Å². The quantitative estimate of drug-likeness (QED) is 0.0621. The van der Waals surface area contributed by atoms with Crippen LogP contribution in [0.25, 0.3) is 16.7 Å². The van der Waals surface area contributed by atoms with Crippen LogP contribution in [0.2, 0.25) is 15.1 Å². The number of benzene rings is 8. The van der Waals surface area contributed by atoms with Crippen LogP contribution in [0.15, 0.2) is 223 Å². The van der Waals surface area contributed by atoms with E-state index in [0.717, 1.165) is 83.4 Å². The number of nitrogens with zero attached hydrogens (tertiary/aromatic N) is 5. The summed E-state index contributed by atoms with van der Waals surface area (Å²) in [6, 6.07) is 63.1. The lowest BCUT2D eigenvalue weighted by Crippen LogP contribution is -2.30. The van der Waals surface area contributed by atoms with E-state index < -0.39 is 0 Å². The van der Waals surface area contributed by atoms with E-state index in [2.05, 4.69) is 17.4 Å². The lowest BCUT2D eigenvalue weighted by Gasteiger charge is -2.24. The van der Waals surface area contributed by atoms with Gasteiger partial charge in [0.15, 0.2) is 0 Å². The molecule has 0 aromatic heterocycles. The zero-order valence-electron chi connectivity index (χ0n) is 58.0. The molecule has 0 radical (unpaired) electrons. The largest absolute Gasteiger partial charge is 0.497 e. The Balaban J connectivity index is 0.000000209. The molecule has 6 amide bonds. The molecule has 1 aliphatic heterocycles. The van der Waals surface area contributed by atoms with Gasteiger partial charge in [-0.2, -0.15) is 0 Å². The molecule has 0 aliphatic carbocycles. The molecule has 0 saturated carbocycles. The summed E-state index contributed by atoms with van der Waals surface area (Å²) in [4.78, 5) is 86.7. The molecule has 8 aromatic carbocycles. The van der Waals surface area contributed by atoms with E-state index in [4.69, 9.17) is 49.0 Å². The van der Waals surface area contributed by atoms with Crippen molar-refractivity contribution in [2.24, 2.45) is 0 Å². The molecule has 0 bridgehead atoms. The van der Waals surface area contributed by atoms with E-state index in [-0.39, 0.29) is 54.7 Å². The Labute approximate surface area is 597 Å². The fourth-order valence-corrected chi connectivity index (χ4v) is 11.3. The third-order valence-corrected chi connectivity index (χ3v) is 18.1. The van der Waals surface area contributed by atoms with Gasteiger partial charge in [0.1, 0.15) is 17.2 Å². The fraction of sp³-hybridized carbons (Fsp3) is 0.259. The van der Waals surface area contributed by atoms with Gasteiger partial charge in [0.25, 0.3) is 17.7 Å². The summed E-state index contributed by atoms with van der Waals surface area (Å²) < 4.78 is 16.1. The lowest BCUT2D eigenvalue weighted by atomic mass is 9.98. The zero-order chi connectivity index (χ0) is 71.5. The van der Waals surface area contributed by atoms with Crippen molar-refractivity contribution in [2.75, 3.05) is 75.7 Å². The normalized spacial score (nSPS) is 12.3. The molecule has 8 aromatic rings. The van der Waals surface area contributed by atoms with Crippen molar-refractivity contribution in [1.29, 1.82) is 0 Å². The summed E-state index contributed by atoms with van der Waals surface area (Å²) in [6.45, 7) is 8.31. The maximum Gasteiger partial charge on any atom is 0.257 e. The standard InChI is InChI=1S/C29H31ClN2O3.C28H29ClN2O3.C24H27ClN2O3/c1-21(32(3)29(34)23-13-15-25(30)16-14-23)27(24-11-8-12-26(19-24)35-4)20-28(33)31(2)18-17-22-9-6-5-7-10-22;1-20(31(2)28(33)22-12-14-24(29)15-13-22)26(23-10-7-11-25(18-23)34-3)19-27(32)30-17-16-21-8-5-4-6-9-21;1-17(26(2)24(29)18-9-11-20(25)12-10-18)22(16-23(28)27-13-4-5-14-27)19-7-6-8-21(15-19)30-3/h5-16,19H,17-18,20H2,1-4H3;4-15,18H,16-17,19H2,1-3H3,(H,30,32);6-12,15H,4-5,13-14,16H2,1-3H3/b27-21-;26-20-;22-17-. The highest BCUT2D eigenvalue weighted by atomic mass is 35.5. The second-order valence-corrected chi connectivity index (χ2v) is 25.1. The smallest absolute Gasteiger partial charge is 0.257 e. The molecular formula is C81H87Cl3N6O9. The first-order valence-corrected chi connectivity index (χ1v) is 33.7. The fourth-order valence-electron chi connectivity index (χ4n) is 11.0. The number of halogens is 3. The highest BCUT2D eigenvalue weighted by Crippen LogP contribution is 2.33. The van der Waals surface area contributed by atoms with E-state index >= 15 is 0 Å². The predicted molar refractivity (Wildman–Crippen MR) is 398 cm³/mol. The Morgan fingerprint density at radius 2 is 0.758 bits per heavy atom. The number of hydrogen-bond acceptors (Lipinski definition) is 9. The molecule has 516 valence electrons. The van der Waals surface area contributed by atoms with E-state index in [1.807, 2.05) is 154 Å². The highest BCUT2D eigenvalue weighted by molar-refractivity contribution is 6.31. The van der Waals surface area contributed by atoms with Crippen molar-refractivity contribution in [3.8, 4) is 17.2 Å². The minimum atomic E-state index is -0.181. The number of allylic oxidation sites excluding steroid dienone is 3. The van der Waals surface area contributed by atoms with Crippen LogP contribution in [0.3, 0.4) is 0 Å². The van der Waals surface area contributed by atoms with Crippen LogP contribution in [0.4, 0.5) is 0 Å². The summed E-state index contributed by atoms with van der Waals surface area (Å²) in [5.74, 6) is 1.51. The van der Waals surface area contributed by atoms with Gasteiger partial charge in [-0.15, -0.1) is 0 Å². The van der Waals surface area contributed by atoms with Crippen molar-refractivity contribution in [1.82, 2.24) is 29.8 Å². The monoisotopic (exact) mass is 1390 g/mol. The minimum absolute atomic E-state index is 0.0227. The first-order chi connectivity index (χ1) is 47.6. The number of ether oxygens (including phenoxy) is 3. The molecule has 18 heteroatoms. The maximum atomic E-state index is 13.2. The zero-order valence-corrected chi connectivity index (χ0v) is 60.2. The maximum absolute atomic E-state index is 13.2. The molecule has 1 fully saturated rings. The number of likely N-dealkylation sites (tertiary alicyclic amines) is 1. The number of nitrogens with one attached hydrogen (secondary N) is 1. The van der Waals surface area contributed by atoms with Gasteiger partial charge in [-0.3, -0.25) is 28.8 Å². The second kappa shape index (κ2) is 38.3. The summed E-state index contributed by atoms with van der Waals surface area (Å²) in [5.41, 5.74) is 10.9. The number of carbonyl (C=O) groups is 6. The first kappa shape index (κ1) is 76.4. The molecule has 1 saturated heterocycles. The van der Waals surface area contributed by atoms with Crippen molar-refractivity contribution >= 4 is 87.0 Å². The van der Waals surface area contributed by atoms with Crippen molar-refractivity contribution in [3.63, 3.8) is 0 Å². The number of likely N-dealkylation sites (N-methyl/N-ethyl adjacent to an activating group) is 1. The average Bonchev–Trinajstić information content (AvgIpc) is 1.81. The van der Waals surface area contributed by atoms with E-state index in [0.29, 0.717) is 73.5 Å². The molecule has 0 atom stereocenters. The molecule has 1 heterocycles. The third-order valence-electron chi connectivity index (χ3n) is 17.3. The molecule has 1 N–H and O–H groups in total. The van der Waals surface area contributed by atoms with Gasteiger partial charge in [-0.05, 0) is 200 Å². The van der Waals surface area contributed by atoms with Crippen LogP contribution in [-0.2, 0) is 27.2 Å². The number of carbonyl (C=O) groups excluding carboxylic acids is 6. The van der Waals surface area contributed by atoms with E-state index in [1.54, 1.807) is 135 Å². The molecular weight excluding hydrogens is 1310 g/mol. The number of amides is 6. The van der Waals surface area contributed by atoms with Crippen LogP contribution in [-0.4, -0.2) is 136 Å². The first-order valence-electron chi connectivity index (χ1n) is 32.6. The Morgan fingerprint density at radius 3 is 1.12 bits per heavy atom. The molecule has 99 heavy (non-hydrogen) atoms. The van der Waals surface area contributed by atoms with Crippen LogP contribution in [0, 0.1) is 0 Å². The van der Waals surface area contributed by atoms with Gasteiger partial charge in [-0.25, -0.2) is 0 Å². The van der Waals surface area contributed by atoms with Crippen LogP contribution >= 0.6 is 34.8 Å². The third kappa shape index (κ3) is 22.6. The number of rotatable bonds is 24. The Hall–Kier alpha value is -9.93.